The zero-order valence-corrected chi connectivity index (χ0v) is 22.0. The van der Waals surface area contributed by atoms with Gasteiger partial charge in [0.25, 0.3) is 0 Å². The number of thiol groups is 1. The van der Waals surface area contributed by atoms with Crippen molar-refractivity contribution >= 4 is 65.8 Å². The zero-order chi connectivity index (χ0) is 26.1. The summed E-state index contributed by atoms with van der Waals surface area (Å²) in [7, 11) is 0. The lowest BCUT2D eigenvalue weighted by molar-refractivity contribution is -0.142. The number of hydrogen-bond acceptors (Lipinski definition) is 9. The van der Waals surface area contributed by atoms with Gasteiger partial charge >= 0.3 is 5.97 Å². The van der Waals surface area contributed by atoms with Crippen molar-refractivity contribution in [2.24, 2.45) is 22.2 Å². The molecule has 10 N–H and O–H groups in total. The smallest absolute Gasteiger partial charge is 0.326 e. The van der Waals surface area contributed by atoms with Crippen LogP contribution in [0.15, 0.2) is 4.99 Å². The second-order valence-electron chi connectivity index (χ2n) is 7.32. The number of aliphatic imine (C=N–C) groups is 1. The predicted molar refractivity (Wildman–Crippen MR) is 141 cm³/mol. The van der Waals surface area contributed by atoms with Crippen LogP contribution in [0.3, 0.4) is 0 Å². The normalized spacial score (nSPS) is 14.2. The van der Waals surface area contributed by atoms with Gasteiger partial charge in [0.1, 0.15) is 18.1 Å². The molecule has 0 aromatic heterocycles. The molecule has 0 saturated heterocycles. The maximum atomic E-state index is 13.0. The standard InChI is InChI=1S/C19H37N7O5S3/c1-33-8-5-13(24-15(27)11(20)10-32)17(29)25-12(4-3-7-23-19(21)22)16(28)26-14(18(30)31)6-9-34-2/h11-14,32H,3-10,20H2,1-2H3,(H,24,27)(H,25,29)(H,26,28)(H,30,31)(H4,21,22,23). The molecule has 4 atom stereocenters. The lowest BCUT2D eigenvalue weighted by Crippen LogP contribution is -2.57. The molecule has 0 saturated carbocycles. The molecular formula is C19H37N7O5S3. The third-order valence-corrected chi connectivity index (χ3v) is 6.26. The molecule has 0 aromatic rings. The van der Waals surface area contributed by atoms with Crippen LogP contribution in [0.1, 0.15) is 25.7 Å². The van der Waals surface area contributed by atoms with Gasteiger partial charge in [0.05, 0.1) is 6.04 Å². The van der Waals surface area contributed by atoms with Gasteiger partial charge < -0.3 is 38.3 Å². The number of rotatable bonds is 18. The number of hydrogen-bond donors (Lipinski definition) is 8. The van der Waals surface area contributed by atoms with E-state index in [1.165, 1.54) is 23.5 Å². The monoisotopic (exact) mass is 539 g/mol. The van der Waals surface area contributed by atoms with Crippen molar-refractivity contribution in [3.05, 3.63) is 0 Å². The van der Waals surface area contributed by atoms with Crippen molar-refractivity contribution in [2.45, 2.75) is 49.9 Å². The van der Waals surface area contributed by atoms with E-state index in [0.29, 0.717) is 24.3 Å². The molecule has 0 rings (SSSR count). The first kappa shape index (κ1) is 32.2. The van der Waals surface area contributed by atoms with Crippen molar-refractivity contribution < 1.29 is 24.3 Å². The molecular weight excluding hydrogens is 502 g/mol. The molecule has 196 valence electrons. The highest BCUT2D eigenvalue weighted by Gasteiger charge is 2.29. The van der Waals surface area contributed by atoms with Gasteiger partial charge in [0.2, 0.25) is 17.7 Å². The van der Waals surface area contributed by atoms with Crippen LogP contribution in [0, 0.1) is 0 Å². The second-order valence-corrected chi connectivity index (χ2v) is 9.66. The summed E-state index contributed by atoms with van der Waals surface area (Å²) in [4.78, 5) is 53.5. The van der Waals surface area contributed by atoms with E-state index in [0.717, 1.165) is 0 Å². The lowest BCUT2D eigenvalue weighted by Gasteiger charge is -2.25. The lowest BCUT2D eigenvalue weighted by atomic mass is 10.1. The maximum absolute atomic E-state index is 13.0. The van der Waals surface area contributed by atoms with Crippen LogP contribution in [0.4, 0.5) is 0 Å². The maximum Gasteiger partial charge on any atom is 0.326 e. The number of carboxylic acids is 1. The Morgan fingerprint density at radius 1 is 0.882 bits per heavy atom. The quantitative estimate of drug-likeness (QED) is 0.0429. The number of nitrogens with two attached hydrogens (primary N) is 3. The first-order valence-corrected chi connectivity index (χ1v) is 14.0. The molecule has 15 heteroatoms. The minimum absolute atomic E-state index is 0.102. The minimum atomic E-state index is -1.17. The van der Waals surface area contributed by atoms with Crippen LogP contribution in [0.25, 0.3) is 0 Å². The zero-order valence-electron chi connectivity index (χ0n) is 19.5. The fourth-order valence-electron chi connectivity index (χ4n) is 2.68. The van der Waals surface area contributed by atoms with Crippen LogP contribution in [0.2, 0.25) is 0 Å². The Kier molecular flexibility index (Phi) is 17.5. The molecule has 0 bridgehead atoms. The van der Waals surface area contributed by atoms with Gasteiger partial charge in [0, 0.05) is 12.3 Å². The SMILES string of the molecule is CSCCC(NC(=O)C(CCCN=C(N)N)NC(=O)C(CCSC)NC(=O)C(N)CS)C(=O)O. The molecule has 0 aliphatic carbocycles. The number of carboxylic acid groups (broad SMARTS) is 1. The Morgan fingerprint density at radius 3 is 1.82 bits per heavy atom. The average molecular weight is 540 g/mol. The van der Waals surface area contributed by atoms with Gasteiger partial charge in [-0.1, -0.05) is 0 Å². The summed E-state index contributed by atoms with van der Waals surface area (Å²) in [5, 5.41) is 17.1. The van der Waals surface area contributed by atoms with E-state index in [1.54, 1.807) is 0 Å². The molecule has 0 spiro atoms. The predicted octanol–water partition coefficient (Wildman–Crippen LogP) is -1.66. The summed E-state index contributed by atoms with van der Waals surface area (Å²) in [5.41, 5.74) is 16.3. The van der Waals surface area contributed by atoms with E-state index in [2.05, 4.69) is 33.6 Å². The molecule has 0 aliphatic rings. The fourth-order valence-corrected chi connectivity index (χ4v) is 3.78. The summed E-state index contributed by atoms with van der Waals surface area (Å²) >= 11 is 6.94. The van der Waals surface area contributed by atoms with Gasteiger partial charge in [0.15, 0.2) is 5.96 Å². The van der Waals surface area contributed by atoms with Crippen LogP contribution in [-0.4, -0.2) is 95.2 Å². The van der Waals surface area contributed by atoms with Gasteiger partial charge in [-0.2, -0.15) is 36.2 Å². The Hall–Kier alpha value is -1.84. The van der Waals surface area contributed by atoms with Gasteiger partial charge in [-0.15, -0.1) is 0 Å². The van der Waals surface area contributed by atoms with E-state index in [1.807, 2.05) is 12.5 Å². The second kappa shape index (κ2) is 18.5. The van der Waals surface area contributed by atoms with E-state index >= 15 is 0 Å². The third-order valence-electron chi connectivity index (χ3n) is 4.58. The molecule has 0 aromatic carbocycles. The number of amides is 3. The minimum Gasteiger partial charge on any atom is -0.480 e. The summed E-state index contributed by atoms with van der Waals surface area (Å²) in [5.74, 6) is -1.82. The van der Waals surface area contributed by atoms with E-state index in [9.17, 15) is 24.3 Å². The fraction of sp³-hybridized carbons (Fsp3) is 0.737. The third kappa shape index (κ3) is 13.8. The number of nitrogens with one attached hydrogen (secondary N) is 3. The first-order chi connectivity index (χ1) is 16.1. The Labute approximate surface area is 214 Å². The highest BCUT2D eigenvalue weighted by Crippen LogP contribution is 2.07. The highest BCUT2D eigenvalue weighted by atomic mass is 32.2. The molecule has 0 fully saturated rings. The van der Waals surface area contributed by atoms with E-state index in [4.69, 9.17) is 17.2 Å². The Balaban J connectivity index is 5.50. The summed E-state index contributed by atoms with van der Waals surface area (Å²) in [6, 6.07) is -3.97. The molecule has 4 unspecified atom stereocenters. The van der Waals surface area contributed by atoms with Crippen molar-refractivity contribution in [2.75, 3.05) is 36.3 Å². The molecule has 12 nitrogen and oxygen atoms in total. The topological polar surface area (TPSA) is 215 Å². The van der Waals surface area contributed by atoms with E-state index in [-0.39, 0.29) is 31.1 Å². The van der Waals surface area contributed by atoms with Gasteiger partial charge in [-0.3, -0.25) is 19.4 Å². The number of thioether (sulfide) groups is 2. The van der Waals surface area contributed by atoms with Gasteiger partial charge in [-0.25, -0.2) is 4.79 Å². The van der Waals surface area contributed by atoms with Crippen molar-refractivity contribution in [3.63, 3.8) is 0 Å². The van der Waals surface area contributed by atoms with Crippen molar-refractivity contribution in [3.8, 4) is 0 Å². The molecule has 0 heterocycles. The number of carbonyl (C=O) groups excluding carboxylic acids is 3. The Morgan fingerprint density at radius 2 is 1.35 bits per heavy atom. The summed E-state index contributed by atoms with van der Waals surface area (Å²) in [6.07, 6.45) is 4.73. The van der Waals surface area contributed by atoms with Crippen LogP contribution in [-0.2, 0) is 19.2 Å². The number of aliphatic carboxylic acids is 1. The molecule has 0 radical (unpaired) electrons. The molecule has 0 aliphatic heterocycles. The van der Waals surface area contributed by atoms with Crippen LogP contribution < -0.4 is 33.2 Å². The van der Waals surface area contributed by atoms with Gasteiger partial charge in [-0.05, 0) is 49.7 Å². The largest absolute Gasteiger partial charge is 0.480 e. The summed E-state index contributed by atoms with van der Waals surface area (Å²) < 4.78 is 0. The van der Waals surface area contributed by atoms with Crippen LogP contribution in [0.5, 0.6) is 0 Å². The molecule has 34 heavy (non-hydrogen) atoms. The van der Waals surface area contributed by atoms with Crippen molar-refractivity contribution in [1.29, 1.82) is 0 Å². The number of nitrogens with zero attached hydrogens (tertiary/aromatic N) is 1. The van der Waals surface area contributed by atoms with E-state index < -0.39 is 47.9 Å². The van der Waals surface area contributed by atoms with Crippen LogP contribution >= 0.6 is 36.2 Å². The van der Waals surface area contributed by atoms with Crippen molar-refractivity contribution in [1.82, 2.24) is 16.0 Å². The Bertz CT molecular complexity index is 695. The highest BCUT2D eigenvalue weighted by molar-refractivity contribution is 7.98. The first-order valence-electron chi connectivity index (χ1n) is 10.6. The summed E-state index contributed by atoms with van der Waals surface area (Å²) in [6.45, 7) is 0.222. The number of carbonyl (C=O) groups is 4. The molecule has 3 amide bonds. The average Bonchev–Trinajstić information content (AvgIpc) is 2.79. The number of guanidine groups is 1.